The number of nitrogens with two attached hydrogens (primary N) is 1. The fraction of sp³-hybridized carbons (Fsp3) is 0.815. The number of aromatic amines is 1. The molecule has 0 spiro atoms. The van der Waals surface area contributed by atoms with Crippen molar-refractivity contribution in [3.8, 4) is 0 Å². The van der Waals surface area contributed by atoms with Crippen LogP contribution in [0.3, 0.4) is 0 Å². The molecule has 726 valence electrons. The average Bonchev–Trinajstić information content (AvgIpc) is 0.773. The molecule has 21 saturated heterocycles. The first kappa shape index (κ1) is 103. The van der Waals surface area contributed by atoms with Crippen molar-refractivity contribution < 1.29 is 181 Å². The lowest BCUT2D eigenvalue weighted by molar-refractivity contribution is -0.402. The van der Waals surface area contributed by atoms with E-state index in [2.05, 4.69) is 35.9 Å². The number of nitrogens with one attached hydrogen (secondary N) is 4. The highest BCUT2D eigenvalue weighted by Crippen LogP contribution is 2.44. The van der Waals surface area contributed by atoms with Crippen LogP contribution in [0.1, 0.15) is 28.9 Å². The Labute approximate surface area is 740 Å². The topological polar surface area (TPSA) is 519 Å². The molecule has 47 heteroatoms. The van der Waals surface area contributed by atoms with Gasteiger partial charge in [0.05, 0.1) is 58.1 Å². The fourth-order valence-electron chi connectivity index (χ4n) is 17.8. The minimum atomic E-state index is -1.57. The molecule has 0 saturated carbocycles. The highest BCUT2D eigenvalue weighted by atomic mass is 16.8. The predicted molar refractivity (Wildman–Crippen MR) is 434 cm³/mol. The zero-order chi connectivity index (χ0) is 92.2. The molecule has 47 nitrogen and oxygen atoms in total. The number of carbonyl (C=O) groups is 3. The van der Waals surface area contributed by atoms with Crippen molar-refractivity contribution in [2.75, 3.05) is 199 Å². The van der Waals surface area contributed by atoms with E-state index >= 15 is 0 Å². The lowest BCUT2D eigenvalue weighted by atomic mass is 9.94. The van der Waals surface area contributed by atoms with E-state index in [-0.39, 0.29) is 68.9 Å². The molecule has 21 aliphatic heterocycles. The minimum Gasteiger partial charge on any atom is -0.480 e. The van der Waals surface area contributed by atoms with Crippen LogP contribution in [0, 0.1) is 0 Å². The summed E-state index contributed by atoms with van der Waals surface area (Å²) >= 11 is 0. The van der Waals surface area contributed by atoms with E-state index in [1.165, 1.54) is 161 Å². The van der Waals surface area contributed by atoms with Gasteiger partial charge in [0.15, 0.2) is 55.2 Å². The second-order valence-electron chi connectivity index (χ2n) is 31.2. The summed E-state index contributed by atoms with van der Waals surface area (Å²) in [6, 6.07) is 4.54. The Morgan fingerprint density at radius 1 is 0.398 bits per heavy atom. The van der Waals surface area contributed by atoms with Crippen molar-refractivity contribution >= 4 is 40.6 Å². The Hall–Kier alpha value is -5.91. The number of carbonyl (C=O) groups excluding carboxylic acids is 2. The number of methoxy groups -OCH3 is 20. The molecule has 1 aromatic carbocycles. The Balaban J connectivity index is 0.935. The first-order valence-electron chi connectivity index (χ1n) is 41.7. The largest absolute Gasteiger partial charge is 0.480 e. The van der Waals surface area contributed by atoms with Gasteiger partial charge in [-0.15, -0.1) is 0 Å². The lowest BCUT2D eigenvalue weighted by Crippen LogP contribution is -2.69. The van der Waals surface area contributed by atoms with Crippen molar-refractivity contribution in [2.24, 2.45) is 0 Å². The molecule has 21 aliphatic rings. The number of aliphatic carboxylic acids is 1. The van der Waals surface area contributed by atoms with Crippen LogP contribution in [0.5, 0.6) is 0 Å². The summed E-state index contributed by atoms with van der Waals surface area (Å²) in [5.41, 5.74) is 6.21. The molecule has 36 atom stereocenters. The van der Waals surface area contributed by atoms with Crippen molar-refractivity contribution in [3.05, 3.63) is 52.1 Å². The standard InChI is InChI=1S/C81H128N8O39/c1-95-30-41-50-57(102-8)65(110-16)76(117-41)125-52-43(32-97-3)119-78(67(112-18)59(52)104-10)127-54-45(34-99-5)121-80(69(114-20)61(54)106-12)128-55-46(35-100-6)120-79(68(113-19)62(55)107-13)126-53-44(33-98-4)118-77(66(111-17)60(53)105-11)124-51-42(31-96-2)116-75(64(109-15)58(51)103-9)122-49-40(115-74(123-50)63(108-14)56(49)101-7)29-84-47(90)26-25-39(73(93)94)87-71(91)36-21-23-37(24-22-36)83-27-38-28-85-70-48(86-38)72(92)89-81(82)88-70/h21-24,28,39-46,49-69,74-80,83H,25-27,29-35H2,1-20H3,(H,84,90)(H,87,91)(H,93,94)(H3,82,85,88,89,92). The molecular formula is C81H128N8O39. The number of anilines is 2. The number of fused-ring (bicyclic) bond motifs is 1. The lowest BCUT2D eigenvalue weighted by Gasteiger charge is -2.52. The minimum absolute atomic E-state index is 0.00648. The van der Waals surface area contributed by atoms with Crippen molar-refractivity contribution in [3.63, 3.8) is 0 Å². The fourth-order valence-corrected chi connectivity index (χ4v) is 17.8. The van der Waals surface area contributed by atoms with Crippen LogP contribution in [-0.2, 0) is 177 Å². The average molecular weight is 1840 g/mol. The van der Waals surface area contributed by atoms with Gasteiger partial charge in [0.25, 0.3) is 11.5 Å². The van der Waals surface area contributed by atoms with E-state index in [1.54, 1.807) is 12.1 Å². The quantitative estimate of drug-likeness (QED) is 0.0359. The van der Waals surface area contributed by atoms with E-state index in [0.29, 0.717) is 11.4 Å². The number of nitrogens with zero attached hydrogens (tertiary/aromatic N) is 3. The van der Waals surface area contributed by atoms with Gasteiger partial charge in [0.1, 0.15) is 177 Å². The third kappa shape index (κ3) is 23.3. The molecule has 0 radical (unpaired) electrons. The normalized spacial score (nSPS) is 38.1. The van der Waals surface area contributed by atoms with Gasteiger partial charge in [-0.2, -0.15) is 4.98 Å². The Morgan fingerprint density at radius 2 is 0.680 bits per heavy atom. The number of amides is 2. The summed E-state index contributed by atoms with van der Waals surface area (Å²) in [4.78, 5) is 68.7. The van der Waals surface area contributed by atoms with E-state index in [4.69, 9.17) is 167 Å². The number of aromatic nitrogens is 4. The van der Waals surface area contributed by atoms with Crippen LogP contribution in [-0.4, -0.2) is 452 Å². The molecule has 7 N–H and O–H groups in total. The van der Waals surface area contributed by atoms with Crippen LogP contribution in [0.4, 0.5) is 11.6 Å². The summed E-state index contributed by atoms with van der Waals surface area (Å²) in [6.45, 7) is -1.04. The van der Waals surface area contributed by atoms with Crippen LogP contribution in [0.15, 0.2) is 35.3 Å². The number of rotatable bonds is 37. The number of hydrogen-bond donors (Lipinski definition) is 6. The van der Waals surface area contributed by atoms with Crippen LogP contribution in [0.25, 0.3) is 11.2 Å². The Morgan fingerprint density at radius 3 is 0.953 bits per heavy atom. The highest BCUT2D eigenvalue weighted by Gasteiger charge is 2.63. The van der Waals surface area contributed by atoms with Crippen LogP contribution in [0.2, 0.25) is 0 Å². The zero-order valence-corrected chi connectivity index (χ0v) is 75.6. The maximum absolute atomic E-state index is 14.5. The maximum atomic E-state index is 14.5. The van der Waals surface area contributed by atoms with Crippen molar-refractivity contribution in [1.29, 1.82) is 0 Å². The molecule has 2 amide bonds. The molecule has 128 heavy (non-hydrogen) atoms. The summed E-state index contributed by atoms with van der Waals surface area (Å²) in [6.07, 6.45) is -40.2. The molecule has 2 aromatic heterocycles. The van der Waals surface area contributed by atoms with E-state index in [9.17, 15) is 24.3 Å². The molecule has 23 heterocycles. The van der Waals surface area contributed by atoms with Crippen LogP contribution < -0.4 is 27.2 Å². The number of carboxylic acids is 1. The summed E-state index contributed by atoms with van der Waals surface area (Å²) < 4.78 is 222. The number of carboxylic acid groups (broad SMARTS) is 1. The first-order valence-corrected chi connectivity index (χ1v) is 41.7. The monoisotopic (exact) mass is 1840 g/mol. The maximum Gasteiger partial charge on any atom is 0.326 e. The highest BCUT2D eigenvalue weighted by molar-refractivity contribution is 5.97. The van der Waals surface area contributed by atoms with Gasteiger partial charge in [0, 0.05) is 166 Å². The van der Waals surface area contributed by atoms with E-state index in [1.807, 2.05) is 0 Å². The number of H-pyrrole nitrogens is 1. The van der Waals surface area contributed by atoms with Crippen LogP contribution >= 0.6 is 0 Å². The van der Waals surface area contributed by atoms with Gasteiger partial charge in [-0.25, -0.2) is 14.8 Å². The Bertz CT molecular complexity index is 3900. The van der Waals surface area contributed by atoms with E-state index in [0.717, 1.165) is 0 Å². The molecular weight excluding hydrogens is 1710 g/mol. The van der Waals surface area contributed by atoms with E-state index < -0.39 is 264 Å². The second-order valence-corrected chi connectivity index (χ2v) is 31.2. The summed E-state index contributed by atoms with van der Waals surface area (Å²) in [7, 11) is 29.1. The zero-order valence-electron chi connectivity index (χ0n) is 75.6. The molecule has 3 aromatic rings. The Kier molecular flexibility index (Phi) is 39.6. The van der Waals surface area contributed by atoms with Crippen molar-refractivity contribution in [1.82, 2.24) is 30.6 Å². The molecule has 21 fully saturated rings. The molecule has 36 unspecified atom stereocenters. The molecule has 0 aliphatic carbocycles. The number of ether oxygens (including phenoxy) is 34. The second kappa shape index (κ2) is 49.4. The SMILES string of the molecule is COCC1OC2OC3C(COC)OC(OC4C(COC)OC(OC5C(COC)OC(OC6C(COC)OC(OC7C(COC)OC(OC8C(CNC(=O)CCC(NC(=O)c9ccc(NCc%10cnc%11nc(N)[nH]c(=O)c%11n%10)cc9)C(=O)O)OC(OC1C(OC)C2OC)C(OC)C8OC)C(OC)C7OC)C(OC)C6OC)C(OC)C5OC)C(OC)C4OC)C(OC)C3OC. The summed E-state index contributed by atoms with van der Waals surface area (Å²) in [5, 5.41) is 19.1. The molecule has 14 bridgehead atoms. The number of hydrogen-bond acceptors (Lipinski definition) is 43. The van der Waals surface area contributed by atoms with Gasteiger partial charge >= 0.3 is 5.97 Å². The smallest absolute Gasteiger partial charge is 0.326 e. The van der Waals surface area contributed by atoms with Gasteiger partial charge in [-0.1, -0.05) is 0 Å². The van der Waals surface area contributed by atoms with Gasteiger partial charge in [-0.05, 0) is 30.7 Å². The van der Waals surface area contributed by atoms with Crippen molar-refractivity contribution in [2.45, 2.75) is 240 Å². The van der Waals surface area contributed by atoms with Gasteiger partial charge in [0.2, 0.25) is 11.9 Å². The predicted octanol–water partition coefficient (Wildman–Crippen LogP) is -2.14. The third-order valence-corrected chi connectivity index (χ3v) is 23.8. The van der Waals surface area contributed by atoms with Gasteiger partial charge < -0.3 is 188 Å². The first-order chi connectivity index (χ1) is 62.0. The third-order valence-electron chi connectivity index (χ3n) is 23.8. The molecule has 24 rings (SSSR count). The van der Waals surface area contributed by atoms with Gasteiger partial charge in [-0.3, -0.25) is 19.4 Å². The summed E-state index contributed by atoms with van der Waals surface area (Å²) in [5.74, 6) is -2.97. The number of nitrogen functional groups attached to an aromatic ring is 1. The number of benzene rings is 1.